The lowest BCUT2D eigenvalue weighted by Gasteiger charge is -2.23. The van der Waals surface area contributed by atoms with Crippen LogP contribution >= 0.6 is 0 Å². The van der Waals surface area contributed by atoms with E-state index in [4.69, 9.17) is 23.7 Å². The van der Waals surface area contributed by atoms with Crippen LogP contribution in [0.1, 0.15) is 6.42 Å². The zero-order chi connectivity index (χ0) is 13.6. The molecule has 6 heteroatoms. The van der Waals surface area contributed by atoms with Gasteiger partial charge in [-0.15, -0.1) is 0 Å². The Bertz CT molecular complexity index is 188. The molecule has 0 aromatic heterocycles. The number of hydrogen-bond donors (Lipinski definition) is 1. The van der Waals surface area contributed by atoms with Crippen molar-refractivity contribution in [2.75, 3.05) is 73.1 Å². The first-order valence-corrected chi connectivity index (χ1v) is 6.98. The SMILES string of the molecule is COCCOCCOCCOCCC1CNCCO1. The minimum Gasteiger partial charge on any atom is -0.382 e. The molecule has 0 spiro atoms. The van der Waals surface area contributed by atoms with Crippen LogP contribution in [0.2, 0.25) is 0 Å². The second-order valence-electron chi connectivity index (χ2n) is 4.32. The summed E-state index contributed by atoms with van der Waals surface area (Å²) < 4.78 is 26.6. The van der Waals surface area contributed by atoms with E-state index in [1.165, 1.54) is 0 Å². The van der Waals surface area contributed by atoms with Gasteiger partial charge in [-0.3, -0.25) is 0 Å². The van der Waals surface area contributed by atoms with Gasteiger partial charge >= 0.3 is 0 Å². The van der Waals surface area contributed by atoms with E-state index in [2.05, 4.69) is 5.32 Å². The molecule has 0 amide bonds. The Morgan fingerprint density at radius 2 is 1.58 bits per heavy atom. The van der Waals surface area contributed by atoms with Crippen LogP contribution in [0.25, 0.3) is 0 Å². The fraction of sp³-hybridized carbons (Fsp3) is 1.00. The van der Waals surface area contributed by atoms with Gasteiger partial charge in [0, 0.05) is 26.8 Å². The molecule has 0 saturated carbocycles. The predicted molar refractivity (Wildman–Crippen MR) is 71.6 cm³/mol. The van der Waals surface area contributed by atoms with E-state index in [1.54, 1.807) is 7.11 Å². The summed E-state index contributed by atoms with van der Waals surface area (Å²) in [5, 5.41) is 3.30. The van der Waals surface area contributed by atoms with Gasteiger partial charge in [-0.1, -0.05) is 0 Å². The van der Waals surface area contributed by atoms with E-state index in [0.29, 0.717) is 45.7 Å². The van der Waals surface area contributed by atoms with Crippen molar-refractivity contribution >= 4 is 0 Å². The highest BCUT2D eigenvalue weighted by Crippen LogP contribution is 2.01. The third kappa shape index (κ3) is 10.2. The maximum atomic E-state index is 5.57. The van der Waals surface area contributed by atoms with Gasteiger partial charge in [-0.2, -0.15) is 0 Å². The standard InChI is InChI=1S/C13H27NO5/c1-15-6-7-17-10-11-18-9-8-16-4-2-13-12-14-3-5-19-13/h13-14H,2-12H2,1H3. The first-order valence-electron chi connectivity index (χ1n) is 6.98. The summed E-state index contributed by atoms with van der Waals surface area (Å²) in [6.45, 7) is 7.09. The molecule has 19 heavy (non-hydrogen) atoms. The Hall–Kier alpha value is -0.240. The second-order valence-corrected chi connectivity index (χ2v) is 4.32. The number of nitrogens with one attached hydrogen (secondary N) is 1. The topological polar surface area (TPSA) is 58.2 Å². The molecular weight excluding hydrogens is 250 g/mol. The molecule has 1 rings (SSSR count). The predicted octanol–water partition coefficient (Wildman–Crippen LogP) is 0.0611. The Morgan fingerprint density at radius 1 is 0.947 bits per heavy atom. The Labute approximate surface area is 115 Å². The van der Waals surface area contributed by atoms with Crippen LogP contribution in [-0.4, -0.2) is 79.2 Å². The van der Waals surface area contributed by atoms with Gasteiger partial charge in [0.05, 0.1) is 52.4 Å². The van der Waals surface area contributed by atoms with Crippen molar-refractivity contribution in [1.82, 2.24) is 5.32 Å². The van der Waals surface area contributed by atoms with Gasteiger partial charge in [0.15, 0.2) is 0 Å². The normalized spacial score (nSPS) is 19.7. The van der Waals surface area contributed by atoms with Gasteiger partial charge in [0.25, 0.3) is 0 Å². The van der Waals surface area contributed by atoms with E-state index in [-0.39, 0.29) is 0 Å². The molecule has 114 valence electrons. The fourth-order valence-electron chi connectivity index (χ4n) is 1.70. The van der Waals surface area contributed by atoms with Crippen molar-refractivity contribution in [3.05, 3.63) is 0 Å². The highest BCUT2D eigenvalue weighted by Gasteiger charge is 2.12. The zero-order valence-electron chi connectivity index (χ0n) is 11.9. The molecule has 1 aliphatic rings. The van der Waals surface area contributed by atoms with E-state index < -0.39 is 0 Å². The number of hydrogen-bond acceptors (Lipinski definition) is 6. The first kappa shape index (κ1) is 16.8. The molecule has 1 saturated heterocycles. The summed E-state index contributed by atoms with van der Waals surface area (Å²) in [6.07, 6.45) is 1.23. The fourth-order valence-corrected chi connectivity index (χ4v) is 1.70. The molecule has 0 bridgehead atoms. The van der Waals surface area contributed by atoms with Crippen molar-refractivity contribution in [3.63, 3.8) is 0 Å². The second kappa shape index (κ2) is 12.8. The molecule has 0 aliphatic carbocycles. The van der Waals surface area contributed by atoms with Crippen molar-refractivity contribution in [3.8, 4) is 0 Å². The quantitative estimate of drug-likeness (QED) is 0.509. The van der Waals surface area contributed by atoms with Gasteiger partial charge < -0.3 is 29.0 Å². The average Bonchev–Trinajstić information content (AvgIpc) is 2.46. The Morgan fingerprint density at radius 3 is 2.16 bits per heavy atom. The van der Waals surface area contributed by atoms with Crippen LogP contribution in [0.4, 0.5) is 0 Å². The maximum Gasteiger partial charge on any atom is 0.0722 e. The smallest absolute Gasteiger partial charge is 0.0722 e. The molecule has 1 fully saturated rings. The third-order valence-corrected chi connectivity index (χ3v) is 2.76. The summed E-state index contributed by atoms with van der Waals surface area (Å²) in [5.74, 6) is 0. The Balaban J connectivity index is 1.71. The summed E-state index contributed by atoms with van der Waals surface area (Å²) >= 11 is 0. The molecule has 1 N–H and O–H groups in total. The third-order valence-electron chi connectivity index (χ3n) is 2.76. The van der Waals surface area contributed by atoms with Gasteiger partial charge in [-0.25, -0.2) is 0 Å². The Kier molecular flexibility index (Phi) is 11.3. The molecular formula is C13H27NO5. The highest BCUT2D eigenvalue weighted by molar-refractivity contribution is 4.66. The summed E-state index contributed by atoms with van der Waals surface area (Å²) in [7, 11) is 1.66. The highest BCUT2D eigenvalue weighted by atomic mass is 16.6. The van der Waals surface area contributed by atoms with Crippen molar-refractivity contribution < 1.29 is 23.7 Å². The largest absolute Gasteiger partial charge is 0.382 e. The van der Waals surface area contributed by atoms with Crippen molar-refractivity contribution in [1.29, 1.82) is 0 Å². The van der Waals surface area contributed by atoms with Crippen LogP contribution in [0.3, 0.4) is 0 Å². The summed E-state index contributed by atoms with van der Waals surface area (Å²) in [6, 6.07) is 0. The lowest BCUT2D eigenvalue weighted by atomic mass is 10.2. The van der Waals surface area contributed by atoms with E-state index >= 15 is 0 Å². The minimum absolute atomic E-state index is 0.295. The van der Waals surface area contributed by atoms with Crippen LogP contribution in [-0.2, 0) is 23.7 Å². The van der Waals surface area contributed by atoms with Gasteiger partial charge in [0.1, 0.15) is 0 Å². The lowest BCUT2D eigenvalue weighted by Crippen LogP contribution is -2.39. The first-order chi connectivity index (χ1) is 9.43. The average molecular weight is 277 g/mol. The molecule has 1 heterocycles. The molecule has 0 aromatic carbocycles. The number of methoxy groups -OCH3 is 1. The molecule has 1 unspecified atom stereocenters. The van der Waals surface area contributed by atoms with Gasteiger partial charge in [-0.05, 0) is 6.42 Å². The van der Waals surface area contributed by atoms with Crippen molar-refractivity contribution in [2.24, 2.45) is 0 Å². The molecule has 1 aliphatic heterocycles. The molecule has 0 aromatic rings. The maximum absolute atomic E-state index is 5.57. The van der Waals surface area contributed by atoms with Gasteiger partial charge in [0.2, 0.25) is 0 Å². The van der Waals surface area contributed by atoms with Crippen LogP contribution in [0, 0.1) is 0 Å². The monoisotopic (exact) mass is 277 g/mol. The number of rotatable bonds is 12. The zero-order valence-corrected chi connectivity index (χ0v) is 11.9. The lowest BCUT2D eigenvalue weighted by molar-refractivity contribution is -0.0158. The number of ether oxygens (including phenoxy) is 5. The van der Waals surface area contributed by atoms with E-state index in [0.717, 1.165) is 32.7 Å². The summed E-state index contributed by atoms with van der Waals surface area (Å²) in [5.41, 5.74) is 0. The molecule has 1 atom stereocenters. The minimum atomic E-state index is 0.295. The molecule has 6 nitrogen and oxygen atoms in total. The van der Waals surface area contributed by atoms with Crippen molar-refractivity contribution in [2.45, 2.75) is 12.5 Å². The number of morpholine rings is 1. The van der Waals surface area contributed by atoms with E-state index in [9.17, 15) is 0 Å². The molecule has 0 radical (unpaired) electrons. The van der Waals surface area contributed by atoms with Crippen LogP contribution in [0.5, 0.6) is 0 Å². The van der Waals surface area contributed by atoms with E-state index in [1.807, 2.05) is 0 Å². The summed E-state index contributed by atoms with van der Waals surface area (Å²) in [4.78, 5) is 0. The van der Waals surface area contributed by atoms with Crippen LogP contribution in [0.15, 0.2) is 0 Å². The van der Waals surface area contributed by atoms with Crippen LogP contribution < -0.4 is 5.32 Å².